The molecule has 0 radical (unpaired) electrons. The molecule has 0 saturated heterocycles. The first-order chi connectivity index (χ1) is 39.5. The fourth-order valence-corrected chi connectivity index (χ4v) is 9.23. The lowest BCUT2D eigenvalue weighted by molar-refractivity contribution is -0.166. The Kier molecular flexibility index (Phi) is 63.8. The van der Waals surface area contributed by atoms with Gasteiger partial charge >= 0.3 is 17.9 Å². The Hall–Kier alpha value is -4.19. The summed E-state index contributed by atoms with van der Waals surface area (Å²) in [5.74, 6) is -0.997. The Labute approximate surface area is 494 Å². The van der Waals surface area contributed by atoms with Gasteiger partial charge in [-0.1, -0.05) is 303 Å². The molecular formula is C74H124O6. The third-order valence-corrected chi connectivity index (χ3v) is 14.2. The third kappa shape index (κ3) is 64.6. The second kappa shape index (κ2) is 67.3. The molecule has 0 N–H and O–H groups in total. The molecule has 456 valence electrons. The molecule has 0 rings (SSSR count). The van der Waals surface area contributed by atoms with E-state index in [0.717, 1.165) is 116 Å². The van der Waals surface area contributed by atoms with Gasteiger partial charge in [-0.3, -0.25) is 14.4 Å². The molecule has 0 aliphatic heterocycles. The van der Waals surface area contributed by atoms with Crippen molar-refractivity contribution in [2.24, 2.45) is 0 Å². The standard InChI is InChI=1S/C74H124O6/c1-4-7-10-13-16-19-22-25-27-28-29-30-31-32-33-34-35-36-37-38-39-40-41-42-43-44-45-46-47-50-52-55-58-61-64-67-73(76)79-70-71(69-78-72(75)66-63-60-57-54-51-48-24-21-18-15-12-9-6-3)80-74(77)68-65-62-59-56-53-49-26-23-20-17-14-11-8-5-2/h7,9-10,12,14,16-19,21,23,25-27,29-30,48,51,57,60,71H,4-6,8,11,13,15,20,22,24,28,31-47,49-50,52-56,58-59,61-70H2,1-3H3/b10-7-,12-9-,17-14-,19-16-,21-18-,26-23-,27-25-,30-29-,51-48-,60-57-. The quantitative estimate of drug-likeness (QED) is 0.0261. The van der Waals surface area contributed by atoms with Crippen molar-refractivity contribution < 1.29 is 28.6 Å². The van der Waals surface area contributed by atoms with Crippen LogP contribution in [0.15, 0.2) is 122 Å². The average molecular weight is 1110 g/mol. The van der Waals surface area contributed by atoms with Gasteiger partial charge in [-0.15, -0.1) is 0 Å². The van der Waals surface area contributed by atoms with Crippen molar-refractivity contribution in [3.8, 4) is 0 Å². The van der Waals surface area contributed by atoms with Crippen LogP contribution in [0.25, 0.3) is 0 Å². The Bertz CT molecular complexity index is 1650. The summed E-state index contributed by atoms with van der Waals surface area (Å²) in [4.78, 5) is 38.2. The first kappa shape index (κ1) is 75.8. The Morgan fingerprint density at radius 1 is 0.263 bits per heavy atom. The van der Waals surface area contributed by atoms with E-state index in [0.29, 0.717) is 19.3 Å². The first-order valence-corrected chi connectivity index (χ1v) is 33.5. The number of ether oxygens (including phenoxy) is 3. The van der Waals surface area contributed by atoms with E-state index in [-0.39, 0.29) is 37.5 Å². The van der Waals surface area contributed by atoms with Crippen LogP contribution >= 0.6 is 0 Å². The second-order valence-electron chi connectivity index (χ2n) is 22.0. The zero-order valence-electron chi connectivity index (χ0n) is 52.3. The van der Waals surface area contributed by atoms with Gasteiger partial charge in [-0.2, -0.15) is 0 Å². The Balaban J connectivity index is 4.12. The Morgan fingerprint density at radius 2 is 0.512 bits per heavy atom. The number of hydrogen-bond donors (Lipinski definition) is 0. The van der Waals surface area contributed by atoms with E-state index >= 15 is 0 Å². The van der Waals surface area contributed by atoms with Crippen LogP contribution in [0.3, 0.4) is 0 Å². The van der Waals surface area contributed by atoms with Gasteiger partial charge in [0, 0.05) is 19.3 Å². The number of carbonyl (C=O) groups excluding carboxylic acids is 3. The lowest BCUT2D eigenvalue weighted by Crippen LogP contribution is -2.30. The SMILES string of the molecule is CC/C=C\C/C=C\C/C=C\C/C=C\CCCCCCCCCCCCCCCCCCCCCCCCC(=O)OCC(COC(=O)CC/C=C\C/C=C\C/C=C\C/C=C\CC)OC(=O)CCCCCCC/C=C\C/C=C\CCCC. The normalized spacial score (nSPS) is 12.9. The molecule has 0 aliphatic carbocycles. The topological polar surface area (TPSA) is 78.9 Å². The van der Waals surface area contributed by atoms with Crippen LogP contribution in [0.1, 0.15) is 310 Å². The summed E-state index contributed by atoms with van der Waals surface area (Å²) in [5, 5.41) is 0. The number of esters is 3. The summed E-state index contributed by atoms with van der Waals surface area (Å²) in [6.45, 7) is 6.31. The van der Waals surface area contributed by atoms with E-state index in [1.54, 1.807) is 0 Å². The highest BCUT2D eigenvalue weighted by atomic mass is 16.6. The average Bonchev–Trinajstić information content (AvgIpc) is 3.46. The molecule has 80 heavy (non-hydrogen) atoms. The fourth-order valence-electron chi connectivity index (χ4n) is 9.23. The van der Waals surface area contributed by atoms with Crippen LogP contribution in [0.2, 0.25) is 0 Å². The van der Waals surface area contributed by atoms with Crippen molar-refractivity contribution >= 4 is 17.9 Å². The smallest absolute Gasteiger partial charge is 0.306 e. The van der Waals surface area contributed by atoms with E-state index in [1.165, 1.54) is 148 Å². The summed E-state index contributed by atoms with van der Waals surface area (Å²) in [7, 11) is 0. The number of carbonyl (C=O) groups is 3. The number of rotatable bonds is 60. The predicted octanol–water partition coefficient (Wildman–Crippen LogP) is 23.2. The summed E-state index contributed by atoms with van der Waals surface area (Å²) >= 11 is 0. The minimum atomic E-state index is -0.815. The summed E-state index contributed by atoms with van der Waals surface area (Å²) in [6, 6.07) is 0. The highest BCUT2D eigenvalue weighted by molar-refractivity contribution is 5.71. The molecule has 6 nitrogen and oxygen atoms in total. The first-order valence-electron chi connectivity index (χ1n) is 33.5. The molecule has 1 atom stereocenters. The molecule has 0 aliphatic rings. The van der Waals surface area contributed by atoms with Crippen LogP contribution in [-0.2, 0) is 28.6 Å². The molecule has 0 spiro atoms. The Morgan fingerprint density at radius 3 is 0.838 bits per heavy atom. The van der Waals surface area contributed by atoms with E-state index in [9.17, 15) is 14.4 Å². The van der Waals surface area contributed by atoms with Gasteiger partial charge in [0.25, 0.3) is 0 Å². The molecule has 6 heteroatoms. The van der Waals surface area contributed by atoms with Gasteiger partial charge in [0.15, 0.2) is 6.10 Å². The minimum absolute atomic E-state index is 0.105. The summed E-state index contributed by atoms with van der Waals surface area (Å²) in [5.41, 5.74) is 0. The number of hydrogen-bond acceptors (Lipinski definition) is 6. The maximum absolute atomic E-state index is 12.9. The lowest BCUT2D eigenvalue weighted by Gasteiger charge is -2.18. The number of allylic oxidation sites excluding steroid dienone is 20. The molecule has 0 bridgehead atoms. The fraction of sp³-hybridized carbons (Fsp3) is 0.689. The van der Waals surface area contributed by atoms with Crippen LogP contribution < -0.4 is 0 Å². The van der Waals surface area contributed by atoms with Gasteiger partial charge in [0.1, 0.15) is 13.2 Å². The largest absolute Gasteiger partial charge is 0.462 e. The molecule has 1 unspecified atom stereocenters. The highest BCUT2D eigenvalue weighted by Crippen LogP contribution is 2.17. The van der Waals surface area contributed by atoms with E-state index in [2.05, 4.69) is 136 Å². The maximum atomic E-state index is 12.9. The van der Waals surface area contributed by atoms with Gasteiger partial charge in [0.2, 0.25) is 0 Å². The van der Waals surface area contributed by atoms with Crippen molar-refractivity contribution in [2.45, 2.75) is 316 Å². The molecule has 0 heterocycles. The van der Waals surface area contributed by atoms with E-state index in [4.69, 9.17) is 14.2 Å². The van der Waals surface area contributed by atoms with Crippen LogP contribution in [0, 0.1) is 0 Å². The molecule has 0 amide bonds. The van der Waals surface area contributed by atoms with Gasteiger partial charge in [-0.05, 0) is 109 Å². The van der Waals surface area contributed by atoms with Crippen LogP contribution in [0.5, 0.6) is 0 Å². The lowest BCUT2D eigenvalue weighted by atomic mass is 10.0. The van der Waals surface area contributed by atoms with Crippen LogP contribution in [0.4, 0.5) is 0 Å². The van der Waals surface area contributed by atoms with E-state index in [1.807, 2.05) is 6.08 Å². The highest BCUT2D eigenvalue weighted by Gasteiger charge is 2.19. The maximum Gasteiger partial charge on any atom is 0.306 e. The molecule has 0 aromatic rings. The van der Waals surface area contributed by atoms with Crippen molar-refractivity contribution in [3.05, 3.63) is 122 Å². The second-order valence-corrected chi connectivity index (χ2v) is 22.0. The zero-order valence-corrected chi connectivity index (χ0v) is 52.3. The van der Waals surface area contributed by atoms with Crippen molar-refractivity contribution in [3.63, 3.8) is 0 Å². The zero-order chi connectivity index (χ0) is 57.8. The van der Waals surface area contributed by atoms with Crippen molar-refractivity contribution in [2.75, 3.05) is 13.2 Å². The molecule has 0 fully saturated rings. The van der Waals surface area contributed by atoms with E-state index < -0.39 is 6.10 Å². The summed E-state index contributed by atoms with van der Waals surface area (Å²) < 4.78 is 16.8. The van der Waals surface area contributed by atoms with Gasteiger partial charge < -0.3 is 14.2 Å². The summed E-state index contributed by atoms with van der Waals surface area (Å²) in [6.07, 6.45) is 94.0. The van der Waals surface area contributed by atoms with Crippen LogP contribution in [-0.4, -0.2) is 37.2 Å². The number of unbranched alkanes of at least 4 members (excludes halogenated alkanes) is 29. The molecular weight excluding hydrogens is 985 g/mol. The third-order valence-electron chi connectivity index (χ3n) is 14.2. The predicted molar refractivity (Wildman–Crippen MR) is 348 cm³/mol. The van der Waals surface area contributed by atoms with Gasteiger partial charge in [0.05, 0.1) is 0 Å². The molecule has 0 aromatic carbocycles. The minimum Gasteiger partial charge on any atom is -0.462 e. The van der Waals surface area contributed by atoms with Crippen molar-refractivity contribution in [1.29, 1.82) is 0 Å². The molecule has 0 aromatic heterocycles. The molecule has 0 saturated carbocycles. The van der Waals surface area contributed by atoms with Gasteiger partial charge in [-0.25, -0.2) is 0 Å². The van der Waals surface area contributed by atoms with Crippen molar-refractivity contribution in [1.82, 2.24) is 0 Å². The monoisotopic (exact) mass is 1110 g/mol.